The van der Waals surface area contributed by atoms with Crippen LogP contribution in [0.3, 0.4) is 0 Å². The zero-order valence-electron chi connectivity index (χ0n) is 12.8. The first-order valence-electron chi connectivity index (χ1n) is 8.09. The Morgan fingerprint density at radius 1 is 0.850 bits per heavy atom. The van der Waals surface area contributed by atoms with Crippen molar-refractivity contribution < 1.29 is 0 Å². The van der Waals surface area contributed by atoms with Crippen molar-refractivity contribution in [2.45, 2.75) is 52.0 Å². The van der Waals surface area contributed by atoms with E-state index in [9.17, 15) is 0 Å². The van der Waals surface area contributed by atoms with Crippen molar-refractivity contribution in [1.29, 1.82) is 0 Å². The Morgan fingerprint density at radius 3 is 2.35 bits per heavy atom. The standard InChI is InChI=1S/C18H28N2/c1-2-3-4-5-6-10-13-19-14-15-20(17-19)16-18-11-8-7-9-12-18/h7-9,11-12,14-15H,2-6,10,13,16-17H2,1H3. The number of nitrogens with zero attached hydrogens (tertiary/aromatic N) is 2. The molecule has 1 aliphatic rings. The van der Waals surface area contributed by atoms with Crippen molar-refractivity contribution in [3.63, 3.8) is 0 Å². The third-order valence-electron chi connectivity index (χ3n) is 3.88. The molecule has 2 nitrogen and oxygen atoms in total. The van der Waals surface area contributed by atoms with Gasteiger partial charge >= 0.3 is 0 Å². The van der Waals surface area contributed by atoms with E-state index in [0.717, 1.165) is 13.2 Å². The summed E-state index contributed by atoms with van der Waals surface area (Å²) in [6.07, 6.45) is 12.7. The third-order valence-corrected chi connectivity index (χ3v) is 3.88. The summed E-state index contributed by atoms with van der Waals surface area (Å²) in [6.45, 7) is 5.54. The summed E-state index contributed by atoms with van der Waals surface area (Å²) in [5, 5.41) is 0. The van der Waals surface area contributed by atoms with Gasteiger partial charge in [-0.05, 0) is 12.0 Å². The minimum absolute atomic E-state index is 1.02. The van der Waals surface area contributed by atoms with Crippen LogP contribution < -0.4 is 0 Å². The Kier molecular flexibility index (Phi) is 6.49. The second-order valence-corrected chi connectivity index (χ2v) is 5.75. The minimum Gasteiger partial charge on any atom is -0.359 e. The molecule has 0 radical (unpaired) electrons. The maximum atomic E-state index is 2.43. The SMILES string of the molecule is CCCCCCCCN1C=CN(Cc2ccccc2)C1. The van der Waals surface area contributed by atoms with Gasteiger partial charge in [-0.1, -0.05) is 69.4 Å². The molecule has 0 unspecified atom stereocenters. The van der Waals surface area contributed by atoms with Crippen molar-refractivity contribution in [3.8, 4) is 0 Å². The number of rotatable bonds is 9. The lowest BCUT2D eigenvalue weighted by Crippen LogP contribution is -2.25. The molecular weight excluding hydrogens is 244 g/mol. The molecule has 110 valence electrons. The molecule has 0 saturated carbocycles. The van der Waals surface area contributed by atoms with Crippen LogP contribution in [0.4, 0.5) is 0 Å². The van der Waals surface area contributed by atoms with Crippen LogP contribution in [0.1, 0.15) is 51.0 Å². The summed E-state index contributed by atoms with van der Waals surface area (Å²) in [5.41, 5.74) is 1.39. The molecule has 0 spiro atoms. The molecule has 1 aromatic rings. The second kappa shape index (κ2) is 8.68. The Morgan fingerprint density at radius 2 is 1.55 bits per heavy atom. The average molecular weight is 272 g/mol. The van der Waals surface area contributed by atoms with Crippen LogP contribution in [0.15, 0.2) is 42.7 Å². The monoisotopic (exact) mass is 272 g/mol. The fourth-order valence-corrected chi connectivity index (χ4v) is 2.68. The Balaban J connectivity index is 1.58. The molecule has 0 N–H and O–H groups in total. The summed E-state index contributed by atoms with van der Waals surface area (Å²) in [4.78, 5) is 4.81. The number of unbranched alkanes of at least 4 members (excludes halogenated alkanes) is 5. The van der Waals surface area contributed by atoms with E-state index >= 15 is 0 Å². The first-order valence-corrected chi connectivity index (χ1v) is 8.09. The second-order valence-electron chi connectivity index (χ2n) is 5.75. The molecule has 2 heteroatoms. The first kappa shape index (κ1) is 15.0. The highest BCUT2D eigenvalue weighted by Crippen LogP contribution is 2.13. The van der Waals surface area contributed by atoms with Crippen molar-refractivity contribution in [3.05, 3.63) is 48.3 Å². The molecule has 0 aliphatic carbocycles. The van der Waals surface area contributed by atoms with Crippen LogP contribution in [0.5, 0.6) is 0 Å². The maximum absolute atomic E-state index is 2.43. The van der Waals surface area contributed by atoms with Gasteiger partial charge in [0.1, 0.15) is 0 Å². The van der Waals surface area contributed by atoms with Crippen LogP contribution >= 0.6 is 0 Å². The van der Waals surface area contributed by atoms with Crippen LogP contribution in [0, 0.1) is 0 Å². The number of benzene rings is 1. The predicted octanol–water partition coefficient (Wildman–Crippen LogP) is 4.59. The molecule has 20 heavy (non-hydrogen) atoms. The van der Waals surface area contributed by atoms with Gasteiger partial charge in [0, 0.05) is 25.5 Å². The van der Waals surface area contributed by atoms with Gasteiger partial charge in [0.15, 0.2) is 0 Å². The third kappa shape index (κ3) is 5.28. The fourth-order valence-electron chi connectivity index (χ4n) is 2.68. The van der Waals surface area contributed by atoms with E-state index in [0.29, 0.717) is 0 Å². The van der Waals surface area contributed by atoms with Crippen molar-refractivity contribution in [2.75, 3.05) is 13.2 Å². The molecule has 0 bridgehead atoms. The lowest BCUT2D eigenvalue weighted by molar-refractivity contribution is 0.256. The highest BCUT2D eigenvalue weighted by Gasteiger charge is 2.11. The van der Waals surface area contributed by atoms with E-state index in [1.54, 1.807) is 0 Å². The quantitative estimate of drug-likeness (QED) is 0.606. The van der Waals surface area contributed by atoms with Crippen LogP contribution in [0.25, 0.3) is 0 Å². The average Bonchev–Trinajstić information content (AvgIpc) is 2.91. The van der Waals surface area contributed by atoms with Crippen molar-refractivity contribution in [2.24, 2.45) is 0 Å². The normalized spacial score (nSPS) is 14.2. The summed E-state index contributed by atoms with van der Waals surface area (Å²) in [7, 11) is 0. The smallest absolute Gasteiger partial charge is 0.0897 e. The van der Waals surface area contributed by atoms with Gasteiger partial charge in [0.2, 0.25) is 0 Å². The molecule has 0 fully saturated rings. The molecule has 1 aliphatic heterocycles. The van der Waals surface area contributed by atoms with Gasteiger partial charge in [-0.2, -0.15) is 0 Å². The predicted molar refractivity (Wildman–Crippen MR) is 86.1 cm³/mol. The van der Waals surface area contributed by atoms with Gasteiger partial charge in [-0.15, -0.1) is 0 Å². The summed E-state index contributed by atoms with van der Waals surface area (Å²) < 4.78 is 0. The fraction of sp³-hybridized carbons (Fsp3) is 0.556. The zero-order chi connectivity index (χ0) is 14.0. The van der Waals surface area contributed by atoms with Crippen molar-refractivity contribution >= 4 is 0 Å². The van der Waals surface area contributed by atoms with Gasteiger partial charge in [0.05, 0.1) is 6.67 Å². The zero-order valence-corrected chi connectivity index (χ0v) is 12.8. The van der Waals surface area contributed by atoms with E-state index in [1.807, 2.05) is 0 Å². The molecule has 1 aromatic carbocycles. The Hall–Kier alpha value is -1.44. The molecule has 2 rings (SSSR count). The Labute approximate surface area is 124 Å². The molecule has 0 saturated heterocycles. The van der Waals surface area contributed by atoms with Gasteiger partial charge in [0.25, 0.3) is 0 Å². The van der Waals surface area contributed by atoms with E-state index in [2.05, 4.69) is 59.5 Å². The lowest BCUT2D eigenvalue weighted by atomic mass is 10.1. The summed E-state index contributed by atoms with van der Waals surface area (Å²) in [6, 6.07) is 10.7. The van der Waals surface area contributed by atoms with Crippen LogP contribution in [-0.4, -0.2) is 23.0 Å². The van der Waals surface area contributed by atoms with E-state index in [1.165, 1.54) is 50.6 Å². The van der Waals surface area contributed by atoms with Gasteiger partial charge < -0.3 is 9.80 Å². The molecule has 0 atom stereocenters. The minimum atomic E-state index is 1.02. The first-order chi connectivity index (χ1) is 9.88. The van der Waals surface area contributed by atoms with Gasteiger partial charge in [-0.3, -0.25) is 0 Å². The highest BCUT2D eigenvalue weighted by atomic mass is 15.3. The topological polar surface area (TPSA) is 6.48 Å². The summed E-state index contributed by atoms with van der Waals surface area (Å²) >= 11 is 0. The molecular formula is C18H28N2. The number of hydrogen-bond donors (Lipinski definition) is 0. The van der Waals surface area contributed by atoms with Crippen LogP contribution in [0.2, 0.25) is 0 Å². The van der Waals surface area contributed by atoms with E-state index in [-0.39, 0.29) is 0 Å². The van der Waals surface area contributed by atoms with E-state index < -0.39 is 0 Å². The van der Waals surface area contributed by atoms with Crippen molar-refractivity contribution in [1.82, 2.24) is 9.80 Å². The van der Waals surface area contributed by atoms with Crippen LogP contribution in [-0.2, 0) is 6.54 Å². The molecule has 0 aromatic heterocycles. The molecule has 1 heterocycles. The summed E-state index contributed by atoms with van der Waals surface area (Å²) in [5.74, 6) is 0. The molecule has 0 amide bonds. The highest BCUT2D eigenvalue weighted by molar-refractivity contribution is 5.15. The van der Waals surface area contributed by atoms with E-state index in [4.69, 9.17) is 0 Å². The largest absolute Gasteiger partial charge is 0.359 e. The Bertz CT molecular complexity index is 386. The number of hydrogen-bond acceptors (Lipinski definition) is 2. The maximum Gasteiger partial charge on any atom is 0.0897 e. The lowest BCUT2D eigenvalue weighted by Gasteiger charge is -2.21. The van der Waals surface area contributed by atoms with Gasteiger partial charge in [-0.25, -0.2) is 0 Å².